The Labute approximate surface area is 135 Å². The van der Waals surface area contributed by atoms with Crippen LogP contribution in [0.15, 0.2) is 30.5 Å². The van der Waals surface area contributed by atoms with Crippen molar-refractivity contribution in [2.45, 2.75) is 13.0 Å². The number of benzene rings is 1. The highest BCUT2D eigenvalue weighted by molar-refractivity contribution is 5.92. The fourth-order valence-electron chi connectivity index (χ4n) is 2.83. The van der Waals surface area contributed by atoms with E-state index in [-0.39, 0.29) is 12.0 Å². The summed E-state index contributed by atoms with van der Waals surface area (Å²) in [5.74, 6) is 0.777. The number of methoxy groups -OCH3 is 1. The smallest absolute Gasteiger partial charge is 0.216 e. The van der Waals surface area contributed by atoms with Crippen molar-refractivity contribution in [1.82, 2.24) is 10.3 Å². The van der Waals surface area contributed by atoms with E-state index in [4.69, 9.17) is 9.47 Å². The summed E-state index contributed by atoms with van der Waals surface area (Å²) >= 11 is 0. The minimum absolute atomic E-state index is 0.0125. The van der Waals surface area contributed by atoms with E-state index in [2.05, 4.69) is 15.2 Å². The Hall–Kier alpha value is -2.34. The van der Waals surface area contributed by atoms with Gasteiger partial charge in [-0.15, -0.1) is 0 Å². The van der Waals surface area contributed by atoms with Gasteiger partial charge in [0.1, 0.15) is 5.75 Å². The van der Waals surface area contributed by atoms with E-state index in [0.29, 0.717) is 13.2 Å². The average molecular weight is 315 g/mol. The molecular formula is C17H21N3O3. The molecule has 1 saturated heterocycles. The summed E-state index contributed by atoms with van der Waals surface area (Å²) in [7, 11) is 1.66. The van der Waals surface area contributed by atoms with Crippen LogP contribution < -0.4 is 15.0 Å². The minimum Gasteiger partial charge on any atom is -0.497 e. The van der Waals surface area contributed by atoms with Crippen LogP contribution in [0.2, 0.25) is 0 Å². The van der Waals surface area contributed by atoms with Gasteiger partial charge in [0.2, 0.25) is 5.91 Å². The van der Waals surface area contributed by atoms with E-state index < -0.39 is 0 Å². The second-order valence-electron chi connectivity index (χ2n) is 5.59. The zero-order valence-electron chi connectivity index (χ0n) is 13.4. The first-order chi connectivity index (χ1) is 11.2. The number of pyridine rings is 1. The van der Waals surface area contributed by atoms with Crippen LogP contribution in [-0.2, 0) is 9.53 Å². The van der Waals surface area contributed by atoms with Crippen molar-refractivity contribution < 1.29 is 14.3 Å². The topological polar surface area (TPSA) is 63.7 Å². The van der Waals surface area contributed by atoms with E-state index in [0.717, 1.165) is 35.4 Å². The molecule has 1 fully saturated rings. The molecule has 1 unspecified atom stereocenters. The van der Waals surface area contributed by atoms with Crippen LogP contribution in [0, 0.1) is 0 Å². The number of amides is 1. The largest absolute Gasteiger partial charge is 0.497 e. The minimum atomic E-state index is -0.0372. The van der Waals surface area contributed by atoms with Crippen LogP contribution in [-0.4, -0.2) is 50.3 Å². The Balaban J connectivity index is 1.85. The molecule has 2 aromatic rings. The average Bonchev–Trinajstić information content (AvgIpc) is 2.59. The molecule has 6 nitrogen and oxygen atoms in total. The van der Waals surface area contributed by atoms with Crippen molar-refractivity contribution >= 4 is 22.5 Å². The van der Waals surface area contributed by atoms with Gasteiger partial charge in [0, 0.05) is 43.8 Å². The molecule has 0 saturated carbocycles. The van der Waals surface area contributed by atoms with Crippen molar-refractivity contribution in [1.29, 1.82) is 0 Å². The second kappa shape index (κ2) is 6.83. The number of anilines is 1. The molecule has 0 aliphatic carbocycles. The van der Waals surface area contributed by atoms with Crippen LogP contribution >= 0.6 is 0 Å². The molecule has 2 heterocycles. The Morgan fingerprint density at radius 2 is 2.35 bits per heavy atom. The first kappa shape index (κ1) is 15.6. The molecule has 0 radical (unpaired) electrons. The van der Waals surface area contributed by atoms with Crippen LogP contribution in [0.3, 0.4) is 0 Å². The van der Waals surface area contributed by atoms with E-state index in [9.17, 15) is 4.79 Å². The van der Waals surface area contributed by atoms with Gasteiger partial charge in [-0.3, -0.25) is 9.78 Å². The molecule has 122 valence electrons. The number of rotatable bonds is 4. The van der Waals surface area contributed by atoms with Gasteiger partial charge >= 0.3 is 0 Å². The lowest BCUT2D eigenvalue weighted by molar-refractivity contribution is -0.119. The molecule has 1 atom stereocenters. The number of nitrogens with one attached hydrogen (secondary N) is 1. The number of hydrogen-bond acceptors (Lipinski definition) is 5. The van der Waals surface area contributed by atoms with Gasteiger partial charge in [0.15, 0.2) is 0 Å². The molecule has 1 aliphatic rings. The molecule has 1 N–H and O–H groups in total. The highest BCUT2D eigenvalue weighted by Gasteiger charge is 2.22. The van der Waals surface area contributed by atoms with E-state index in [1.54, 1.807) is 7.11 Å². The van der Waals surface area contributed by atoms with Crippen LogP contribution in [0.1, 0.15) is 6.92 Å². The second-order valence-corrected chi connectivity index (χ2v) is 5.59. The normalized spacial score (nSPS) is 18.0. The fourth-order valence-corrected chi connectivity index (χ4v) is 2.83. The third kappa shape index (κ3) is 3.53. The maximum absolute atomic E-state index is 11.1. The van der Waals surface area contributed by atoms with E-state index >= 15 is 0 Å². The first-order valence-electron chi connectivity index (χ1n) is 7.71. The van der Waals surface area contributed by atoms with E-state index in [1.165, 1.54) is 6.92 Å². The molecule has 3 rings (SSSR count). The molecule has 23 heavy (non-hydrogen) atoms. The lowest BCUT2D eigenvalue weighted by Crippen LogP contribution is -2.47. The van der Waals surface area contributed by atoms with Crippen molar-refractivity contribution in [2.75, 3.05) is 38.3 Å². The zero-order valence-corrected chi connectivity index (χ0v) is 13.4. The maximum atomic E-state index is 11.1. The number of carbonyl (C=O) groups excluding carboxylic acids is 1. The van der Waals surface area contributed by atoms with Crippen LogP contribution in [0.4, 0.5) is 5.69 Å². The Morgan fingerprint density at radius 3 is 3.13 bits per heavy atom. The number of morpholine rings is 1. The molecule has 1 aliphatic heterocycles. The standard InChI is InChI=1S/C17H21N3O3/c1-12(21)19-10-14-11-20(7-8-23-14)17-5-6-18-16-4-3-13(22-2)9-15(16)17/h3-6,9,14H,7-8,10-11H2,1-2H3,(H,19,21). The lowest BCUT2D eigenvalue weighted by atomic mass is 10.1. The number of nitrogens with zero attached hydrogens (tertiary/aromatic N) is 2. The molecule has 6 heteroatoms. The van der Waals surface area contributed by atoms with Gasteiger partial charge in [-0.05, 0) is 24.3 Å². The summed E-state index contributed by atoms with van der Waals surface area (Å²) in [6.07, 6.45) is 1.81. The van der Waals surface area contributed by atoms with Gasteiger partial charge in [-0.1, -0.05) is 0 Å². The van der Waals surface area contributed by atoms with Crippen LogP contribution in [0.25, 0.3) is 10.9 Å². The zero-order chi connectivity index (χ0) is 16.2. The first-order valence-corrected chi connectivity index (χ1v) is 7.71. The number of carbonyl (C=O) groups is 1. The fraction of sp³-hybridized carbons (Fsp3) is 0.412. The summed E-state index contributed by atoms with van der Waals surface area (Å²) in [5, 5.41) is 3.88. The Kier molecular flexibility index (Phi) is 4.62. The molecule has 1 amide bonds. The molecule has 1 aromatic heterocycles. The highest BCUT2D eigenvalue weighted by atomic mass is 16.5. The Morgan fingerprint density at radius 1 is 1.48 bits per heavy atom. The summed E-state index contributed by atoms with van der Waals surface area (Å²) in [6, 6.07) is 7.91. The van der Waals surface area contributed by atoms with Crippen molar-refractivity contribution in [2.24, 2.45) is 0 Å². The van der Waals surface area contributed by atoms with Gasteiger partial charge in [0.25, 0.3) is 0 Å². The summed E-state index contributed by atoms with van der Waals surface area (Å²) in [5.41, 5.74) is 2.05. The molecule has 0 bridgehead atoms. The van der Waals surface area contributed by atoms with E-state index in [1.807, 2.05) is 30.5 Å². The Bertz CT molecular complexity index is 705. The van der Waals surface area contributed by atoms with Crippen LogP contribution in [0.5, 0.6) is 5.75 Å². The van der Waals surface area contributed by atoms with Crippen molar-refractivity contribution in [3.05, 3.63) is 30.5 Å². The number of aromatic nitrogens is 1. The third-order valence-electron chi connectivity index (χ3n) is 3.98. The van der Waals surface area contributed by atoms with Gasteiger partial charge in [-0.2, -0.15) is 0 Å². The summed E-state index contributed by atoms with van der Waals surface area (Å²) < 4.78 is 11.1. The summed E-state index contributed by atoms with van der Waals surface area (Å²) in [4.78, 5) is 17.8. The molecule has 0 spiro atoms. The summed E-state index contributed by atoms with van der Waals surface area (Å²) in [6.45, 7) is 4.23. The van der Waals surface area contributed by atoms with Gasteiger partial charge in [-0.25, -0.2) is 0 Å². The number of fused-ring (bicyclic) bond motifs is 1. The highest BCUT2D eigenvalue weighted by Crippen LogP contribution is 2.29. The van der Waals surface area contributed by atoms with Crippen molar-refractivity contribution in [3.8, 4) is 5.75 Å². The van der Waals surface area contributed by atoms with Crippen molar-refractivity contribution in [3.63, 3.8) is 0 Å². The predicted octanol–water partition coefficient (Wildman–Crippen LogP) is 1.58. The SMILES string of the molecule is COc1ccc2nccc(N3CCOC(CNC(C)=O)C3)c2c1. The number of hydrogen-bond donors (Lipinski definition) is 1. The van der Waals surface area contributed by atoms with Gasteiger partial charge in [0.05, 0.1) is 25.3 Å². The van der Waals surface area contributed by atoms with Gasteiger partial charge < -0.3 is 19.7 Å². The monoisotopic (exact) mass is 315 g/mol. The number of ether oxygens (including phenoxy) is 2. The quantitative estimate of drug-likeness (QED) is 0.928. The maximum Gasteiger partial charge on any atom is 0.216 e. The predicted molar refractivity (Wildman–Crippen MR) is 88.9 cm³/mol. The lowest BCUT2D eigenvalue weighted by Gasteiger charge is -2.35. The molecular weight excluding hydrogens is 294 g/mol. The molecule has 1 aromatic carbocycles. The third-order valence-corrected chi connectivity index (χ3v) is 3.98.